The van der Waals surface area contributed by atoms with E-state index in [0.717, 1.165) is 48.6 Å². The molecule has 0 aliphatic heterocycles. The molecule has 0 spiro atoms. The highest BCUT2D eigenvalue weighted by Gasteiger charge is 2.39. The number of unbranched alkanes of at least 4 members (excludes halogenated alkanes) is 4. The van der Waals surface area contributed by atoms with Gasteiger partial charge in [0.1, 0.15) is 5.76 Å². The lowest BCUT2D eigenvalue weighted by atomic mass is 9.78. The quantitative estimate of drug-likeness (QED) is 0.0886. The summed E-state index contributed by atoms with van der Waals surface area (Å²) in [6, 6.07) is 6.46. The van der Waals surface area contributed by atoms with E-state index in [0.29, 0.717) is 46.9 Å². The van der Waals surface area contributed by atoms with Crippen LogP contribution >= 0.6 is 23.5 Å². The van der Waals surface area contributed by atoms with Gasteiger partial charge in [0.2, 0.25) is 17.6 Å². The summed E-state index contributed by atoms with van der Waals surface area (Å²) in [5.74, 6) is 2.54. The van der Waals surface area contributed by atoms with Gasteiger partial charge in [-0.05, 0) is 116 Å². The number of hydrogen-bond acceptors (Lipinski definition) is 8. The Bertz CT molecular complexity index is 1600. The van der Waals surface area contributed by atoms with Gasteiger partial charge < -0.3 is 20.2 Å². The number of aliphatic hydroxyl groups is 1. The Hall–Kier alpha value is -3.24. The summed E-state index contributed by atoms with van der Waals surface area (Å²) in [5, 5.41) is 14.8. The molecule has 0 bridgehead atoms. The number of benzene rings is 1. The molecule has 298 valence electrons. The molecule has 1 aromatic rings. The van der Waals surface area contributed by atoms with Crippen LogP contribution in [0, 0.1) is 0 Å². The number of carbonyl (C=O) groups is 3. The van der Waals surface area contributed by atoms with E-state index in [4.69, 9.17) is 0 Å². The molecule has 0 unspecified atom stereocenters. The van der Waals surface area contributed by atoms with Gasteiger partial charge in [-0.15, -0.1) is 0 Å². The lowest BCUT2D eigenvalue weighted by molar-refractivity contribution is -0.117. The molecule has 2 amide bonds. The van der Waals surface area contributed by atoms with Crippen LogP contribution in [0.3, 0.4) is 0 Å². The smallest absolute Gasteiger partial charge is 0.247 e. The lowest BCUT2D eigenvalue weighted by Gasteiger charge is -2.35. The number of rotatable bonds is 22. The molecule has 3 rings (SSSR count). The number of nitrogens with zero attached hydrogens (tertiary/aromatic N) is 3. The first kappa shape index (κ1) is 45.2. The van der Waals surface area contributed by atoms with Crippen molar-refractivity contribution in [1.82, 2.24) is 4.90 Å². The molecule has 0 fully saturated rings. The average Bonchev–Trinajstić information content (AvgIpc) is 3.09. The van der Waals surface area contributed by atoms with Gasteiger partial charge in [0, 0.05) is 71.0 Å². The molecule has 10 heteroatoms. The number of Topliss-reactive ketones (excluding diaryl/α,β-unsaturated/α-hetero) is 1. The number of amides is 2. The highest BCUT2D eigenvalue weighted by Crippen LogP contribution is 2.43. The Labute approximate surface area is 334 Å². The van der Waals surface area contributed by atoms with Crippen LogP contribution in [0.2, 0.25) is 0 Å². The Balaban J connectivity index is 2.05. The maximum atomic E-state index is 14.2. The number of carbonyl (C=O) groups excluding carboxylic acids is 3. The van der Waals surface area contributed by atoms with Gasteiger partial charge in [0.05, 0.1) is 22.5 Å². The van der Waals surface area contributed by atoms with Crippen LogP contribution in [0.5, 0.6) is 0 Å². The van der Waals surface area contributed by atoms with Crippen LogP contribution in [-0.4, -0.2) is 80.5 Å². The van der Waals surface area contributed by atoms with E-state index < -0.39 is 0 Å². The number of hydrogen-bond donors (Lipinski definition) is 2. The summed E-state index contributed by atoms with van der Waals surface area (Å²) in [6.45, 7) is 21.3. The van der Waals surface area contributed by atoms with E-state index in [9.17, 15) is 19.5 Å². The van der Waals surface area contributed by atoms with Crippen LogP contribution in [0.25, 0.3) is 5.57 Å². The number of allylic oxidation sites excluding steroid dienone is 6. The molecule has 2 N–H and O–H groups in total. The normalized spacial score (nSPS) is 16.6. The first-order chi connectivity index (χ1) is 25.7. The minimum absolute atomic E-state index is 0.133. The second kappa shape index (κ2) is 22.3. The van der Waals surface area contributed by atoms with Crippen molar-refractivity contribution in [2.45, 2.75) is 145 Å². The summed E-state index contributed by atoms with van der Waals surface area (Å²) in [5.41, 5.74) is 3.86. The Kier molecular flexibility index (Phi) is 18.7. The Morgan fingerprint density at radius 1 is 0.759 bits per heavy atom. The number of aliphatic hydroxyl groups excluding tert-OH is 1. The van der Waals surface area contributed by atoms with Crippen molar-refractivity contribution in [3.8, 4) is 0 Å². The van der Waals surface area contributed by atoms with Crippen LogP contribution in [0.15, 0.2) is 64.0 Å². The number of nitrogens with one attached hydrogen (secondary N) is 1. The van der Waals surface area contributed by atoms with Gasteiger partial charge in [-0.2, -0.15) is 23.5 Å². The highest BCUT2D eigenvalue weighted by atomic mass is 32.2. The molecule has 1 aromatic carbocycles. The zero-order valence-corrected chi connectivity index (χ0v) is 36.2. The molecule has 0 radical (unpaired) electrons. The predicted molar refractivity (Wildman–Crippen MR) is 234 cm³/mol. The highest BCUT2D eigenvalue weighted by molar-refractivity contribution is 7.99. The second-order valence-electron chi connectivity index (χ2n) is 15.2. The first-order valence-corrected chi connectivity index (χ1v) is 22.4. The van der Waals surface area contributed by atoms with Gasteiger partial charge in [-0.3, -0.25) is 14.4 Å². The zero-order valence-electron chi connectivity index (χ0n) is 34.6. The maximum absolute atomic E-state index is 14.2. The van der Waals surface area contributed by atoms with Crippen molar-refractivity contribution in [2.75, 3.05) is 33.2 Å². The summed E-state index contributed by atoms with van der Waals surface area (Å²) in [6.07, 6.45) is 13.2. The number of anilines is 2. The molecule has 2 aliphatic rings. The molecule has 0 atom stereocenters. The third kappa shape index (κ3) is 12.4. The van der Waals surface area contributed by atoms with Crippen molar-refractivity contribution in [2.24, 2.45) is 4.99 Å². The van der Waals surface area contributed by atoms with E-state index in [1.807, 2.05) is 30.4 Å². The molecule has 2 aliphatic carbocycles. The molecule has 0 saturated carbocycles. The van der Waals surface area contributed by atoms with E-state index >= 15 is 0 Å². The largest absolute Gasteiger partial charge is 0.506 e. The van der Waals surface area contributed by atoms with Gasteiger partial charge in [0.25, 0.3) is 0 Å². The third-order valence-electron chi connectivity index (χ3n) is 9.51. The van der Waals surface area contributed by atoms with Crippen LogP contribution < -0.4 is 10.2 Å². The fourth-order valence-corrected chi connectivity index (χ4v) is 9.00. The van der Waals surface area contributed by atoms with Crippen molar-refractivity contribution in [3.05, 3.63) is 64.6 Å². The summed E-state index contributed by atoms with van der Waals surface area (Å²) < 4.78 is 0. The van der Waals surface area contributed by atoms with Crippen LogP contribution in [0.1, 0.15) is 126 Å². The van der Waals surface area contributed by atoms with Gasteiger partial charge >= 0.3 is 0 Å². The Morgan fingerprint density at radius 2 is 1.33 bits per heavy atom. The van der Waals surface area contributed by atoms with Gasteiger partial charge in [-0.25, -0.2) is 4.99 Å². The maximum Gasteiger partial charge on any atom is 0.247 e. The number of ketones is 1. The standard InChI is InChI=1S/C44H66N4O4S2/c1-11-13-15-23-53-25-21-39(49)45-37-27-33(47(29(3)4)30(5)6)17-19-35(37)41-43(51)42(44(41)52)36-20-18-34(48(31(7)8)32(9)10)28-38(36)46-40(50)22-26-54-24-16-14-12-2/h17-20,27-32,51H,11-16,21-26H2,1-10H3,(H,45,49)/b42-36-,46-38?. The van der Waals surface area contributed by atoms with E-state index in [2.05, 4.69) is 89.3 Å². The minimum atomic E-state index is -0.348. The summed E-state index contributed by atoms with van der Waals surface area (Å²) in [4.78, 5) is 49.8. The summed E-state index contributed by atoms with van der Waals surface area (Å²) >= 11 is 3.54. The fourth-order valence-electron chi connectivity index (χ4n) is 7.13. The molecule has 0 heterocycles. The summed E-state index contributed by atoms with van der Waals surface area (Å²) in [7, 11) is 0. The number of aliphatic imine (C=N–C) groups is 1. The zero-order chi connectivity index (χ0) is 39.9. The van der Waals surface area contributed by atoms with Crippen LogP contribution in [-0.2, 0) is 14.4 Å². The average molecular weight is 779 g/mol. The molecular formula is C44H66N4O4S2. The number of thioether (sulfide) groups is 2. The topological polar surface area (TPSA) is 102 Å². The monoisotopic (exact) mass is 778 g/mol. The van der Waals surface area contributed by atoms with Crippen molar-refractivity contribution >= 4 is 63.8 Å². The third-order valence-corrected chi connectivity index (χ3v) is 11.7. The van der Waals surface area contributed by atoms with E-state index in [-0.39, 0.29) is 58.7 Å². The van der Waals surface area contributed by atoms with Gasteiger partial charge in [0.15, 0.2) is 0 Å². The first-order valence-electron chi connectivity index (χ1n) is 20.1. The molecule has 54 heavy (non-hydrogen) atoms. The lowest BCUT2D eigenvalue weighted by Crippen LogP contribution is -2.37. The Morgan fingerprint density at radius 3 is 1.87 bits per heavy atom. The predicted octanol–water partition coefficient (Wildman–Crippen LogP) is 10.6. The second-order valence-corrected chi connectivity index (χ2v) is 17.7. The molecular weight excluding hydrogens is 713 g/mol. The van der Waals surface area contributed by atoms with E-state index in [1.54, 1.807) is 29.6 Å². The van der Waals surface area contributed by atoms with Crippen molar-refractivity contribution in [1.29, 1.82) is 0 Å². The van der Waals surface area contributed by atoms with Crippen LogP contribution in [0.4, 0.5) is 11.4 Å². The molecule has 8 nitrogen and oxygen atoms in total. The minimum Gasteiger partial charge on any atom is -0.506 e. The van der Waals surface area contributed by atoms with Crippen molar-refractivity contribution in [3.63, 3.8) is 0 Å². The van der Waals surface area contributed by atoms with Gasteiger partial charge in [-0.1, -0.05) is 39.5 Å². The molecule has 0 aromatic heterocycles. The fraction of sp³-hybridized carbons (Fsp3) is 0.591. The van der Waals surface area contributed by atoms with Crippen molar-refractivity contribution < 1.29 is 19.5 Å². The van der Waals surface area contributed by atoms with E-state index in [1.165, 1.54) is 12.8 Å². The SMILES string of the molecule is CCCCCSCCC(=O)N=C1C=C(N(C(C)C)C(C)C)C=C/C1=C1/C(=O)C(c2ccc(N(C(C)C)C(C)C)cc2NC(=O)CCSCCCCC)=C1O. The molecule has 0 saturated heterocycles.